The molecule has 1 aromatic heterocycles. The van der Waals surface area contributed by atoms with Gasteiger partial charge in [-0.2, -0.15) is 0 Å². The van der Waals surface area contributed by atoms with Gasteiger partial charge in [0.1, 0.15) is 5.82 Å². The van der Waals surface area contributed by atoms with E-state index in [1.165, 1.54) is 12.1 Å². The van der Waals surface area contributed by atoms with Crippen molar-refractivity contribution in [2.75, 3.05) is 5.73 Å². The van der Waals surface area contributed by atoms with Gasteiger partial charge in [-0.3, -0.25) is 0 Å². The Balaban J connectivity index is 2.24. The highest BCUT2D eigenvalue weighted by Gasteiger charge is 2.20. The maximum absolute atomic E-state index is 13.6. The smallest absolute Gasteiger partial charge is 0.177 e. The summed E-state index contributed by atoms with van der Waals surface area (Å²) < 4.78 is 19.8. The molecule has 0 amide bonds. The van der Waals surface area contributed by atoms with Gasteiger partial charge in [0, 0.05) is 15.6 Å². The van der Waals surface area contributed by atoms with E-state index < -0.39 is 0 Å². The molecule has 0 atom stereocenters. The Morgan fingerprint density at radius 1 is 1.19 bits per heavy atom. The highest BCUT2D eigenvalue weighted by atomic mass is 79.9. The summed E-state index contributed by atoms with van der Waals surface area (Å²) in [5, 5.41) is 3.83. The molecule has 2 N–H and O–H groups in total. The monoisotopic (exact) mass is 346 g/mol. The molecular formula is C16H12BrFN2O. The van der Waals surface area contributed by atoms with Crippen LogP contribution in [-0.2, 0) is 0 Å². The van der Waals surface area contributed by atoms with Crippen molar-refractivity contribution in [1.82, 2.24) is 5.16 Å². The van der Waals surface area contributed by atoms with Crippen LogP contribution in [0.5, 0.6) is 0 Å². The number of nitrogens with zero attached hydrogens (tertiary/aromatic N) is 1. The summed E-state index contributed by atoms with van der Waals surface area (Å²) in [6.07, 6.45) is 0. The summed E-state index contributed by atoms with van der Waals surface area (Å²) in [6, 6.07) is 12.3. The van der Waals surface area contributed by atoms with Crippen LogP contribution in [0.4, 0.5) is 10.2 Å². The maximum atomic E-state index is 13.6. The van der Waals surface area contributed by atoms with Gasteiger partial charge in [-0.25, -0.2) is 4.39 Å². The van der Waals surface area contributed by atoms with Crippen molar-refractivity contribution in [1.29, 1.82) is 0 Å². The van der Waals surface area contributed by atoms with Crippen LogP contribution >= 0.6 is 15.9 Å². The first-order valence-corrected chi connectivity index (χ1v) is 7.13. The fourth-order valence-electron chi connectivity index (χ4n) is 2.29. The summed E-state index contributed by atoms with van der Waals surface area (Å²) in [6.45, 7) is 1.82. The number of hydrogen-bond acceptors (Lipinski definition) is 3. The van der Waals surface area contributed by atoms with E-state index in [0.29, 0.717) is 16.9 Å². The Bertz CT molecular complexity index is 794. The molecule has 0 radical (unpaired) electrons. The van der Waals surface area contributed by atoms with Crippen molar-refractivity contribution in [3.63, 3.8) is 0 Å². The van der Waals surface area contributed by atoms with Crippen LogP contribution < -0.4 is 5.73 Å². The highest BCUT2D eigenvalue weighted by molar-refractivity contribution is 9.10. The minimum Gasteiger partial charge on any atom is -0.380 e. The molecule has 0 aliphatic heterocycles. The van der Waals surface area contributed by atoms with Crippen LogP contribution in [-0.4, -0.2) is 5.16 Å². The lowest BCUT2D eigenvalue weighted by molar-refractivity contribution is 0.435. The van der Waals surface area contributed by atoms with E-state index in [1.54, 1.807) is 0 Å². The number of nitrogen functional groups attached to an aromatic ring is 1. The van der Waals surface area contributed by atoms with Gasteiger partial charge in [0.05, 0.1) is 5.56 Å². The Morgan fingerprint density at radius 3 is 2.67 bits per heavy atom. The molecule has 0 aliphatic rings. The lowest BCUT2D eigenvalue weighted by atomic mass is 10.0. The number of benzene rings is 2. The molecule has 21 heavy (non-hydrogen) atoms. The van der Waals surface area contributed by atoms with Crippen molar-refractivity contribution in [2.45, 2.75) is 6.92 Å². The first kappa shape index (κ1) is 13.8. The highest BCUT2D eigenvalue weighted by Crippen LogP contribution is 2.40. The third-order valence-corrected chi connectivity index (χ3v) is 3.86. The molecule has 0 unspecified atom stereocenters. The van der Waals surface area contributed by atoms with Crippen molar-refractivity contribution in [3.05, 3.63) is 58.3 Å². The molecule has 3 aromatic rings. The quantitative estimate of drug-likeness (QED) is 0.724. The third-order valence-electron chi connectivity index (χ3n) is 3.17. The van der Waals surface area contributed by atoms with Gasteiger partial charge in [0.2, 0.25) is 0 Å². The Labute approximate surface area is 129 Å². The van der Waals surface area contributed by atoms with Crippen molar-refractivity contribution < 1.29 is 8.91 Å². The molecule has 0 fully saturated rings. The van der Waals surface area contributed by atoms with E-state index in [0.717, 1.165) is 15.6 Å². The molecule has 5 heteroatoms. The predicted octanol–water partition coefficient (Wildman–Crippen LogP) is 4.80. The zero-order valence-electron chi connectivity index (χ0n) is 11.2. The molecule has 3 rings (SSSR count). The fourth-order valence-corrected chi connectivity index (χ4v) is 2.77. The average Bonchev–Trinajstić information content (AvgIpc) is 2.80. The molecule has 0 saturated carbocycles. The fraction of sp³-hybridized carbons (Fsp3) is 0.0625. The van der Waals surface area contributed by atoms with Crippen LogP contribution in [0.1, 0.15) is 5.56 Å². The number of nitrogens with two attached hydrogens (primary N) is 1. The summed E-state index contributed by atoms with van der Waals surface area (Å²) in [5.74, 6) is 0.416. The number of aryl methyl sites for hydroxylation is 1. The minimum atomic E-state index is -0.321. The van der Waals surface area contributed by atoms with Crippen molar-refractivity contribution in [3.8, 4) is 22.5 Å². The molecule has 0 saturated heterocycles. The van der Waals surface area contributed by atoms with Crippen LogP contribution in [0.15, 0.2) is 51.5 Å². The Kier molecular flexibility index (Phi) is 3.51. The summed E-state index contributed by atoms with van der Waals surface area (Å²) in [5.41, 5.74) is 8.87. The Hall–Kier alpha value is -2.14. The first-order chi connectivity index (χ1) is 10.1. The van der Waals surface area contributed by atoms with Crippen molar-refractivity contribution >= 4 is 21.7 Å². The molecule has 0 bridgehead atoms. The number of anilines is 1. The summed E-state index contributed by atoms with van der Waals surface area (Å²) in [7, 11) is 0. The van der Waals surface area contributed by atoms with Gasteiger partial charge >= 0.3 is 0 Å². The Morgan fingerprint density at radius 2 is 1.95 bits per heavy atom. The van der Waals surface area contributed by atoms with E-state index in [4.69, 9.17) is 10.3 Å². The molecular weight excluding hydrogens is 335 g/mol. The van der Waals surface area contributed by atoms with Crippen LogP contribution in [0.25, 0.3) is 22.5 Å². The second-order valence-corrected chi connectivity index (χ2v) is 5.62. The number of rotatable bonds is 2. The predicted molar refractivity (Wildman–Crippen MR) is 84.2 cm³/mol. The van der Waals surface area contributed by atoms with Gasteiger partial charge in [-0.05, 0) is 36.8 Å². The number of aromatic nitrogens is 1. The number of hydrogen-bond donors (Lipinski definition) is 1. The van der Waals surface area contributed by atoms with Gasteiger partial charge in [-0.1, -0.05) is 39.3 Å². The average molecular weight is 347 g/mol. The molecule has 0 spiro atoms. The van der Waals surface area contributed by atoms with Gasteiger partial charge in [-0.15, -0.1) is 0 Å². The zero-order valence-corrected chi connectivity index (χ0v) is 12.8. The molecule has 2 aromatic carbocycles. The van der Waals surface area contributed by atoms with E-state index in [9.17, 15) is 4.39 Å². The van der Waals surface area contributed by atoms with Gasteiger partial charge in [0.15, 0.2) is 11.6 Å². The SMILES string of the molecule is Cc1cc(F)cc(-c2onc(N)c2-c2ccccc2Br)c1. The van der Waals surface area contributed by atoms with E-state index >= 15 is 0 Å². The largest absolute Gasteiger partial charge is 0.380 e. The minimum absolute atomic E-state index is 0.277. The number of halogens is 2. The zero-order chi connectivity index (χ0) is 15.0. The molecule has 0 aliphatic carbocycles. The van der Waals surface area contributed by atoms with Gasteiger partial charge < -0.3 is 10.3 Å². The van der Waals surface area contributed by atoms with E-state index in [1.807, 2.05) is 37.3 Å². The van der Waals surface area contributed by atoms with E-state index in [-0.39, 0.29) is 11.6 Å². The summed E-state index contributed by atoms with van der Waals surface area (Å²) >= 11 is 3.49. The standard InChI is InChI=1S/C16H12BrFN2O/c1-9-6-10(8-11(18)7-9)15-14(16(19)20-21-15)12-4-2-3-5-13(12)17/h2-8H,1H3,(H2,19,20). The second kappa shape index (κ2) is 5.33. The normalized spacial score (nSPS) is 10.8. The molecule has 106 valence electrons. The lowest BCUT2D eigenvalue weighted by Crippen LogP contribution is -1.90. The third kappa shape index (κ3) is 2.56. The second-order valence-electron chi connectivity index (χ2n) is 4.77. The molecule has 3 nitrogen and oxygen atoms in total. The summed E-state index contributed by atoms with van der Waals surface area (Å²) in [4.78, 5) is 0. The maximum Gasteiger partial charge on any atom is 0.177 e. The van der Waals surface area contributed by atoms with Crippen LogP contribution in [0, 0.1) is 12.7 Å². The molecule has 1 heterocycles. The van der Waals surface area contributed by atoms with Crippen LogP contribution in [0.2, 0.25) is 0 Å². The lowest BCUT2D eigenvalue weighted by Gasteiger charge is -2.06. The van der Waals surface area contributed by atoms with E-state index in [2.05, 4.69) is 21.1 Å². The van der Waals surface area contributed by atoms with Crippen LogP contribution in [0.3, 0.4) is 0 Å². The topological polar surface area (TPSA) is 52.0 Å². The van der Waals surface area contributed by atoms with Gasteiger partial charge in [0.25, 0.3) is 0 Å². The first-order valence-electron chi connectivity index (χ1n) is 6.34. The van der Waals surface area contributed by atoms with Crippen molar-refractivity contribution in [2.24, 2.45) is 0 Å².